The zero-order valence-corrected chi connectivity index (χ0v) is 19.6. The summed E-state index contributed by atoms with van der Waals surface area (Å²) in [6.45, 7) is 4.44. The minimum Gasteiger partial charge on any atom is -0.476 e. The first-order valence-electron chi connectivity index (χ1n) is 11.2. The standard InChI is InChI=1S/C26H28N2O4S/c1-3-19-14-15-20(4-2)21(16-19)17-27-26(29)25-18-28(23-12-8-9-13-24(23)32-25)33(30,31)22-10-6-5-7-11-22/h5-16,25H,3-4,17-18H2,1-2H3,(H,27,29). The Morgan fingerprint density at radius 1 is 0.970 bits per heavy atom. The molecule has 1 amide bonds. The van der Waals surface area contributed by atoms with Crippen molar-refractivity contribution in [1.82, 2.24) is 5.32 Å². The van der Waals surface area contributed by atoms with Gasteiger partial charge in [0.2, 0.25) is 0 Å². The molecule has 0 spiro atoms. The fourth-order valence-electron chi connectivity index (χ4n) is 3.99. The molecule has 0 aromatic heterocycles. The molecule has 1 aliphatic heterocycles. The number of benzene rings is 3. The Morgan fingerprint density at radius 3 is 2.42 bits per heavy atom. The number of hydrogen-bond donors (Lipinski definition) is 1. The minimum absolute atomic E-state index is 0.101. The van der Waals surface area contributed by atoms with Gasteiger partial charge in [0, 0.05) is 6.54 Å². The minimum atomic E-state index is -3.86. The van der Waals surface area contributed by atoms with Crippen LogP contribution in [0.1, 0.15) is 30.5 Å². The molecule has 0 bridgehead atoms. The molecule has 1 atom stereocenters. The fraction of sp³-hybridized carbons (Fsp3) is 0.269. The first-order chi connectivity index (χ1) is 15.9. The van der Waals surface area contributed by atoms with Crippen molar-refractivity contribution in [2.75, 3.05) is 10.8 Å². The van der Waals surface area contributed by atoms with Crippen LogP contribution >= 0.6 is 0 Å². The van der Waals surface area contributed by atoms with Gasteiger partial charge in [0.25, 0.3) is 15.9 Å². The van der Waals surface area contributed by atoms with Gasteiger partial charge in [-0.2, -0.15) is 0 Å². The Morgan fingerprint density at radius 2 is 1.70 bits per heavy atom. The van der Waals surface area contributed by atoms with Crippen LogP contribution in [-0.2, 0) is 34.2 Å². The van der Waals surface area contributed by atoms with E-state index in [1.807, 2.05) is 0 Å². The third-order valence-electron chi connectivity index (χ3n) is 5.87. The van der Waals surface area contributed by atoms with Gasteiger partial charge in [0.05, 0.1) is 17.1 Å². The van der Waals surface area contributed by atoms with Crippen LogP contribution in [0.2, 0.25) is 0 Å². The summed E-state index contributed by atoms with van der Waals surface area (Å²) < 4.78 is 34.0. The number of nitrogens with one attached hydrogen (secondary N) is 1. The molecule has 4 rings (SSSR count). The van der Waals surface area contributed by atoms with E-state index in [4.69, 9.17) is 4.74 Å². The normalized spacial score (nSPS) is 15.5. The smallest absolute Gasteiger partial charge is 0.264 e. The van der Waals surface area contributed by atoms with Gasteiger partial charge in [0.1, 0.15) is 5.75 Å². The highest BCUT2D eigenvalue weighted by molar-refractivity contribution is 7.92. The number of ether oxygens (including phenoxy) is 1. The van der Waals surface area contributed by atoms with E-state index in [9.17, 15) is 13.2 Å². The lowest BCUT2D eigenvalue weighted by Gasteiger charge is -2.34. The molecule has 1 aliphatic rings. The quantitative estimate of drug-likeness (QED) is 0.572. The molecular weight excluding hydrogens is 436 g/mol. The molecule has 0 saturated heterocycles. The van der Waals surface area contributed by atoms with Crippen molar-refractivity contribution in [3.05, 3.63) is 89.5 Å². The van der Waals surface area contributed by atoms with Crippen LogP contribution in [-0.4, -0.2) is 27.0 Å². The number of rotatable bonds is 7. The summed E-state index contributed by atoms with van der Waals surface area (Å²) in [5, 5.41) is 2.95. The van der Waals surface area contributed by atoms with E-state index in [0.717, 1.165) is 18.4 Å². The highest BCUT2D eigenvalue weighted by atomic mass is 32.2. The zero-order chi connectivity index (χ0) is 23.4. The molecule has 1 heterocycles. The molecule has 3 aromatic rings. The number of para-hydroxylation sites is 2. The van der Waals surface area contributed by atoms with Crippen LogP contribution in [0.15, 0.2) is 77.7 Å². The Labute approximate surface area is 195 Å². The van der Waals surface area contributed by atoms with E-state index in [1.54, 1.807) is 54.6 Å². The van der Waals surface area contributed by atoms with E-state index in [0.29, 0.717) is 18.0 Å². The number of nitrogens with zero attached hydrogens (tertiary/aromatic N) is 1. The van der Waals surface area contributed by atoms with E-state index >= 15 is 0 Å². The van der Waals surface area contributed by atoms with Crippen molar-refractivity contribution in [1.29, 1.82) is 0 Å². The molecule has 33 heavy (non-hydrogen) atoms. The van der Waals surface area contributed by atoms with Gasteiger partial charge in [-0.05, 0) is 53.8 Å². The largest absolute Gasteiger partial charge is 0.476 e. The lowest BCUT2D eigenvalue weighted by atomic mass is 10.0. The topological polar surface area (TPSA) is 75.7 Å². The molecule has 0 fully saturated rings. The molecule has 7 heteroatoms. The zero-order valence-electron chi connectivity index (χ0n) is 18.8. The molecule has 6 nitrogen and oxygen atoms in total. The van der Waals surface area contributed by atoms with Gasteiger partial charge in [0.15, 0.2) is 6.10 Å². The van der Waals surface area contributed by atoms with Crippen LogP contribution < -0.4 is 14.4 Å². The predicted molar refractivity (Wildman–Crippen MR) is 129 cm³/mol. The first-order valence-corrected chi connectivity index (χ1v) is 12.6. The van der Waals surface area contributed by atoms with Crippen molar-refractivity contribution in [2.24, 2.45) is 0 Å². The summed E-state index contributed by atoms with van der Waals surface area (Å²) in [6.07, 6.45) is 0.823. The number of carbonyl (C=O) groups excluding carboxylic acids is 1. The van der Waals surface area contributed by atoms with Gasteiger partial charge in [-0.25, -0.2) is 8.42 Å². The fourth-order valence-corrected chi connectivity index (χ4v) is 5.49. The van der Waals surface area contributed by atoms with Crippen molar-refractivity contribution in [3.63, 3.8) is 0 Å². The second-order valence-electron chi connectivity index (χ2n) is 7.95. The third kappa shape index (κ3) is 4.73. The maximum absolute atomic E-state index is 13.4. The van der Waals surface area contributed by atoms with Crippen molar-refractivity contribution in [3.8, 4) is 5.75 Å². The van der Waals surface area contributed by atoms with Crippen LogP contribution in [0, 0.1) is 0 Å². The Bertz CT molecular complexity index is 1240. The molecule has 172 valence electrons. The van der Waals surface area contributed by atoms with Crippen LogP contribution in [0.4, 0.5) is 5.69 Å². The maximum atomic E-state index is 13.4. The lowest BCUT2D eigenvalue weighted by Crippen LogP contribution is -2.50. The molecular formula is C26H28N2O4S. The summed E-state index contributed by atoms with van der Waals surface area (Å²) in [7, 11) is -3.86. The SMILES string of the molecule is CCc1ccc(CC)c(CNC(=O)C2CN(S(=O)(=O)c3ccccc3)c3ccccc3O2)c1. The first kappa shape index (κ1) is 22.9. The lowest BCUT2D eigenvalue weighted by molar-refractivity contribution is -0.127. The van der Waals surface area contributed by atoms with E-state index < -0.39 is 16.1 Å². The third-order valence-corrected chi connectivity index (χ3v) is 7.67. The van der Waals surface area contributed by atoms with Crippen molar-refractivity contribution < 1.29 is 17.9 Å². The summed E-state index contributed by atoms with van der Waals surface area (Å²) in [4.78, 5) is 13.3. The number of anilines is 1. The number of aryl methyl sites for hydroxylation is 2. The number of hydrogen-bond acceptors (Lipinski definition) is 4. The monoisotopic (exact) mass is 464 g/mol. The predicted octanol–water partition coefficient (Wildman–Crippen LogP) is 4.08. The van der Waals surface area contributed by atoms with Gasteiger partial charge >= 0.3 is 0 Å². The summed E-state index contributed by atoms with van der Waals surface area (Å²) in [5.74, 6) is 0.0207. The Hall–Kier alpha value is -3.32. The van der Waals surface area contributed by atoms with E-state index in [2.05, 4.69) is 37.4 Å². The van der Waals surface area contributed by atoms with E-state index in [-0.39, 0.29) is 17.3 Å². The molecule has 0 saturated carbocycles. The number of fused-ring (bicyclic) bond motifs is 1. The van der Waals surface area contributed by atoms with E-state index in [1.165, 1.54) is 15.4 Å². The Balaban J connectivity index is 1.58. The second kappa shape index (κ2) is 9.67. The van der Waals surface area contributed by atoms with Crippen LogP contribution in [0.5, 0.6) is 5.75 Å². The average Bonchev–Trinajstić information content (AvgIpc) is 2.86. The van der Waals surface area contributed by atoms with Crippen LogP contribution in [0.3, 0.4) is 0 Å². The molecule has 1 N–H and O–H groups in total. The summed E-state index contributed by atoms with van der Waals surface area (Å²) in [5.41, 5.74) is 3.87. The second-order valence-corrected chi connectivity index (χ2v) is 9.81. The van der Waals surface area contributed by atoms with Crippen LogP contribution in [0.25, 0.3) is 0 Å². The maximum Gasteiger partial charge on any atom is 0.264 e. The molecule has 0 aliphatic carbocycles. The van der Waals surface area contributed by atoms with Gasteiger partial charge < -0.3 is 10.1 Å². The highest BCUT2D eigenvalue weighted by Crippen LogP contribution is 2.36. The summed E-state index contributed by atoms with van der Waals surface area (Å²) in [6, 6.07) is 21.4. The molecule has 1 unspecified atom stereocenters. The molecule has 0 radical (unpaired) electrons. The van der Waals surface area contributed by atoms with Gasteiger partial charge in [-0.1, -0.05) is 62.4 Å². The highest BCUT2D eigenvalue weighted by Gasteiger charge is 2.37. The van der Waals surface area contributed by atoms with Crippen molar-refractivity contribution >= 4 is 21.6 Å². The Kier molecular flexibility index (Phi) is 6.70. The molecule has 3 aromatic carbocycles. The number of sulfonamides is 1. The average molecular weight is 465 g/mol. The van der Waals surface area contributed by atoms with Crippen molar-refractivity contribution in [2.45, 2.75) is 44.2 Å². The van der Waals surface area contributed by atoms with Gasteiger partial charge in [-0.3, -0.25) is 9.10 Å². The van der Waals surface area contributed by atoms with Gasteiger partial charge in [-0.15, -0.1) is 0 Å². The number of amides is 1. The summed E-state index contributed by atoms with van der Waals surface area (Å²) >= 11 is 0. The number of carbonyl (C=O) groups is 1.